The quantitative estimate of drug-likeness (QED) is 0.776. The largest absolute Gasteiger partial charge is 0.460 e. The zero-order valence-corrected chi connectivity index (χ0v) is 12.0. The summed E-state index contributed by atoms with van der Waals surface area (Å²) in [6, 6.07) is 0. The Morgan fingerprint density at radius 3 is 2.16 bits per heavy atom. The summed E-state index contributed by atoms with van der Waals surface area (Å²) in [5.41, 5.74) is -1.50. The fourth-order valence-corrected chi connectivity index (χ4v) is 2.70. The van der Waals surface area contributed by atoms with E-state index in [4.69, 9.17) is 14.2 Å². The number of esters is 1. The lowest BCUT2D eigenvalue weighted by atomic mass is 9.79. The van der Waals surface area contributed by atoms with E-state index in [0.29, 0.717) is 38.9 Å². The molecule has 1 N–H and O–H groups in total. The molecular formula is C14H24O5. The Morgan fingerprint density at radius 2 is 1.68 bits per heavy atom. The molecule has 5 heteroatoms. The molecule has 0 aromatic rings. The molecule has 0 bridgehead atoms. The van der Waals surface area contributed by atoms with E-state index in [-0.39, 0.29) is 12.4 Å². The molecule has 5 nitrogen and oxygen atoms in total. The van der Waals surface area contributed by atoms with Crippen molar-refractivity contribution in [1.29, 1.82) is 0 Å². The van der Waals surface area contributed by atoms with Gasteiger partial charge in [-0.3, -0.25) is 4.79 Å². The molecule has 0 radical (unpaired) electrons. The van der Waals surface area contributed by atoms with E-state index in [1.165, 1.54) is 0 Å². The summed E-state index contributed by atoms with van der Waals surface area (Å²) in [6.45, 7) is 6.70. The van der Waals surface area contributed by atoms with Gasteiger partial charge in [0, 0.05) is 12.8 Å². The highest BCUT2D eigenvalue weighted by molar-refractivity contribution is 5.71. The van der Waals surface area contributed by atoms with Gasteiger partial charge in [-0.1, -0.05) is 0 Å². The van der Waals surface area contributed by atoms with Crippen molar-refractivity contribution in [2.45, 2.75) is 69.9 Å². The maximum absolute atomic E-state index is 11.8. The molecule has 19 heavy (non-hydrogen) atoms. The van der Waals surface area contributed by atoms with Gasteiger partial charge in [-0.2, -0.15) is 0 Å². The summed E-state index contributed by atoms with van der Waals surface area (Å²) >= 11 is 0. The Labute approximate surface area is 114 Å². The first kappa shape index (κ1) is 14.8. The minimum absolute atomic E-state index is 0.0420. The Morgan fingerprint density at radius 1 is 1.16 bits per heavy atom. The van der Waals surface area contributed by atoms with Crippen LogP contribution in [0.5, 0.6) is 0 Å². The van der Waals surface area contributed by atoms with Gasteiger partial charge in [-0.05, 0) is 33.6 Å². The first-order chi connectivity index (χ1) is 8.72. The van der Waals surface area contributed by atoms with Crippen molar-refractivity contribution in [2.75, 3.05) is 13.2 Å². The van der Waals surface area contributed by atoms with Gasteiger partial charge in [0.2, 0.25) is 0 Å². The zero-order chi connectivity index (χ0) is 14.1. The van der Waals surface area contributed by atoms with Crippen molar-refractivity contribution in [3.63, 3.8) is 0 Å². The van der Waals surface area contributed by atoms with Crippen LogP contribution in [0.15, 0.2) is 0 Å². The average Bonchev–Trinajstić information content (AvgIpc) is 2.69. The molecule has 0 aromatic carbocycles. The van der Waals surface area contributed by atoms with E-state index in [0.717, 1.165) is 0 Å². The van der Waals surface area contributed by atoms with Crippen molar-refractivity contribution < 1.29 is 24.1 Å². The molecule has 1 saturated carbocycles. The number of carbonyl (C=O) groups is 1. The zero-order valence-electron chi connectivity index (χ0n) is 12.0. The number of ether oxygens (including phenoxy) is 3. The Hall–Kier alpha value is -0.650. The minimum atomic E-state index is -0.983. The third-order valence-electron chi connectivity index (χ3n) is 3.65. The van der Waals surface area contributed by atoms with Crippen LogP contribution in [0.4, 0.5) is 0 Å². The predicted molar refractivity (Wildman–Crippen MR) is 68.5 cm³/mol. The molecule has 1 aliphatic carbocycles. The van der Waals surface area contributed by atoms with E-state index >= 15 is 0 Å². The van der Waals surface area contributed by atoms with Gasteiger partial charge < -0.3 is 19.3 Å². The van der Waals surface area contributed by atoms with Gasteiger partial charge in [0.05, 0.1) is 25.2 Å². The molecule has 1 aliphatic heterocycles. The number of hydrogen-bond donors (Lipinski definition) is 1. The second-order valence-corrected chi connectivity index (χ2v) is 6.60. The van der Waals surface area contributed by atoms with Gasteiger partial charge in [-0.15, -0.1) is 0 Å². The van der Waals surface area contributed by atoms with Crippen LogP contribution in [0, 0.1) is 0 Å². The topological polar surface area (TPSA) is 65.0 Å². The highest BCUT2D eigenvalue weighted by atomic mass is 16.7. The molecule has 0 atom stereocenters. The monoisotopic (exact) mass is 272 g/mol. The van der Waals surface area contributed by atoms with Gasteiger partial charge in [0.25, 0.3) is 0 Å². The van der Waals surface area contributed by atoms with Crippen LogP contribution in [0.25, 0.3) is 0 Å². The summed E-state index contributed by atoms with van der Waals surface area (Å²) in [6.07, 6.45) is 2.32. The SMILES string of the molecule is CC(C)(C)OC(=O)CC1(O)CCC2(CC1)OCCO2. The fourth-order valence-electron chi connectivity index (χ4n) is 2.70. The minimum Gasteiger partial charge on any atom is -0.460 e. The van der Waals surface area contributed by atoms with Crippen molar-refractivity contribution in [3.05, 3.63) is 0 Å². The molecular weight excluding hydrogens is 248 g/mol. The normalized spacial score (nSPS) is 25.5. The summed E-state index contributed by atoms with van der Waals surface area (Å²) in [5, 5.41) is 10.5. The summed E-state index contributed by atoms with van der Waals surface area (Å²) in [5.74, 6) is -0.862. The number of carbonyl (C=O) groups excluding carboxylic acids is 1. The third kappa shape index (κ3) is 3.91. The third-order valence-corrected chi connectivity index (χ3v) is 3.65. The predicted octanol–water partition coefficient (Wildman–Crippen LogP) is 1.77. The Bertz CT molecular complexity index is 328. The van der Waals surface area contributed by atoms with E-state index in [1.807, 2.05) is 20.8 Å². The maximum atomic E-state index is 11.8. The molecule has 0 aromatic heterocycles. The lowest BCUT2D eigenvalue weighted by Gasteiger charge is -2.40. The second-order valence-electron chi connectivity index (χ2n) is 6.60. The lowest BCUT2D eigenvalue weighted by molar-refractivity contribution is -0.206. The fraction of sp³-hybridized carbons (Fsp3) is 0.929. The molecule has 0 unspecified atom stereocenters. The van der Waals surface area contributed by atoms with Crippen LogP contribution >= 0.6 is 0 Å². The van der Waals surface area contributed by atoms with Crippen molar-refractivity contribution in [2.24, 2.45) is 0 Å². The van der Waals surface area contributed by atoms with Crippen LogP contribution in [-0.2, 0) is 19.0 Å². The van der Waals surface area contributed by atoms with Gasteiger partial charge in [0.1, 0.15) is 5.60 Å². The molecule has 2 aliphatic rings. The van der Waals surface area contributed by atoms with Crippen LogP contribution in [-0.4, -0.2) is 41.3 Å². The smallest absolute Gasteiger partial charge is 0.309 e. The highest BCUT2D eigenvalue weighted by Crippen LogP contribution is 2.41. The number of hydrogen-bond acceptors (Lipinski definition) is 5. The maximum Gasteiger partial charge on any atom is 0.309 e. The second kappa shape index (κ2) is 5.04. The Kier molecular flexibility index (Phi) is 3.91. The molecule has 2 rings (SSSR count). The van der Waals surface area contributed by atoms with E-state index in [1.54, 1.807) is 0 Å². The molecule has 2 fully saturated rings. The molecule has 0 amide bonds. The van der Waals surface area contributed by atoms with E-state index < -0.39 is 17.0 Å². The molecule has 110 valence electrons. The Balaban J connectivity index is 1.86. The molecule has 1 heterocycles. The average molecular weight is 272 g/mol. The van der Waals surface area contributed by atoms with Crippen LogP contribution in [0.2, 0.25) is 0 Å². The standard InChI is InChI=1S/C14H24O5/c1-12(2,3)19-11(15)10-13(16)4-6-14(7-5-13)17-8-9-18-14/h16H,4-10H2,1-3H3. The van der Waals surface area contributed by atoms with Crippen LogP contribution in [0.3, 0.4) is 0 Å². The van der Waals surface area contributed by atoms with Gasteiger partial charge in [0.15, 0.2) is 5.79 Å². The van der Waals surface area contributed by atoms with Crippen LogP contribution in [0.1, 0.15) is 52.9 Å². The van der Waals surface area contributed by atoms with E-state index in [9.17, 15) is 9.90 Å². The lowest BCUT2D eigenvalue weighted by Crippen LogP contribution is -2.45. The first-order valence-electron chi connectivity index (χ1n) is 6.94. The van der Waals surface area contributed by atoms with Gasteiger partial charge >= 0.3 is 5.97 Å². The number of rotatable bonds is 2. The molecule has 1 saturated heterocycles. The summed E-state index contributed by atoms with van der Waals surface area (Å²) in [4.78, 5) is 11.8. The molecule has 1 spiro atoms. The highest BCUT2D eigenvalue weighted by Gasteiger charge is 2.46. The first-order valence-corrected chi connectivity index (χ1v) is 6.94. The summed E-state index contributed by atoms with van der Waals surface area (Å²) in [7, 11) is 0. The van der Waals surface area contributed by atoms with Crippen molar-refractivity contribution in [3.8, 4) is 0 Å². The van der Waals surface area contributed by atoms with Crippen molar-refractivity contribution >= 4 is 5.97 Å². The van der Waals surface area contributed by atoms with Crippen LogP contribution < -0.4 is 0 Å². The number of aliphatic hydroxyl groups is 1. The van der Waals surface area contributed by atoms with E-state index in [2.05, 4.69) is 0 Å². The van der Waals surface area contributed by atoms with Crippen molar-refractivity contribution in [1.82, 2.24) is 0 Å². The summed E-state index contributed by atoms with van der Waals surface area (Å²) < 4.78 is 16.5. The van der Waals surface area contributed by atoms with Gasteiger partial charge in [-0.25, -0.2) is 0 Å².